The molecule has 0 unspecified atom stereocenters. The van der Waals surface area contributed by atoms with Crippen LogP contribution in [-0.2, 0) is 0 Å². The average Bonchev–Trinajstić information content (AvgIpc) is 2.70. The Morgan fingerprint density at radius 1 is 1.38 bits per heavy atom. The number of nitrogens with two attached hydrogens (primary N) is 1. The largest absolute Gasteiger partial charge is 0.445 e. The number of aryl methyl sites for hydroxylation is 1. The number of primary amides is 1. The molecule has 0 radical (unpaired) electrons. The highest BCUT2D eigenvalue weighted by Crippen LogP contribution is 2.27. The minimum atomic E-state index is -0.538. The number of ether oxygens (including phenoxy) is 1. The molecule has 2 aromatic rings. The van der Waals surface area contributed by atoms with Gasteiger partial charge in [-0.05, 0) is 19.1 Å². The van der Waals surface area contributed by atoms with Crippen LogP contribution in [-0.4, -0.2) is 10.9 Å². The van der Waals surface area contributed by atoms with Gasteiger partial charge in [0.1, 0.15) is 5.75 Å². The van der Waals surface area contributed by atoms with E-state index in [4.69, 9.17) is 10.5 Å². The number of aromatic nitrogens is 1. The van der Waals surface area contributed by atoms with Crippen molar-refractivity contribution in [1.82, 2.24) is 4.98 Å². The summed E-state index contributed by atoms with van der Waals surface area (Å²) >= 11 is 1.13. The van der Waals surface area contributed by atoms with Crippen LogP contribution in [0.25, 0.3) is 0 Å². The first kappa shape index (κ1) is 10.6. The van der Waals surface area contributed by atoms with E-state index in [1.165, 1.54) is 6.20 Å². The summed E-state index contributed by atoms with van der Waals surface area (Å²) in [5.74, 6) is 0.175. The maximum atomic E-state index is 10.8. The Hall–Kier alpha value is -1.88. The summed E-state index contributed by atoms with van der Waals surface area (Å²) in [6.45, 7) is 2.00. The molecule has 2 N–H and O–H groups in total. The second-order valence-electron chi connectivity index (χ2n) is 3.26. The minimum Gasteiger partial charge on any atom is -0.445 e. The van der Waals surface area contributed by atoms with E-state index in [-0.39, 0.29) is 5.01 Å². The third kappa shape index (κ3) is 2.38. The lowest BCUT2D eigenvalue weighted by Gasteiger charge is -2.01. The van der Waals surface area contributed by atoms with Gasteiger partial charge in [0.15, 0.2) is 5.01 Å². The minimum absolute atomic E-state index is 0.252. The molecule has 0 saturated carbocycles. The van der Waals surface area contributed by atoms with E-state index < -0.39 is 5.91 Å². The van der Waals surface area contributed by atoms with Crippen LogP contribution in [0.4, 0.5) is 0 Å². The molecule has 0 aliphatic rings. The van der Waals surface area contributed by atoms with Crippen molar-refractivity contribution in [1.29, 1.82) is 0 Å². The van der Waals surface area contributed by atoms with Crippen LogP contribution in [0.1, 0.15) is 15.4 Å². The lowest BCUT2D eigenvalue weighted by atomic mass is 10.2. The summed E-state index contributed by atoms with van der Waals surface area (Å²) < 4.78 is 5.51. The first-order valence-corrected chi connectivity index (χ1v) is 5.47. The zero-order chi connectivity index (χ0) is 11.5. The summed E-state index contributed by atoms with van der Waals surface area (Å²) in [5.41, 5.74) is 6.26. The average molecular weight is 234 g/mol. The topological polar surface area (TPSA) is 65.2 Å². The summed E-state index contributed by atoms with van der Waals surface area (Å²) in [6, 6.07) is 7.62. The quantitative estimate of drug-likeness (QED) is 0.886. The Kier molecular flexibility index (Phi) is 2.87. The highest BCUT2D eigenvalue weighted by Gasteiger charge is 2.08. The van der Waals surface area contributed by atoms with Gasteiger partial charge in [0.25, 0.3) is 5.91 Å². The van der Waals surface area contributed by atoms with Gasteiger partial charge in [-0.15, -0.1) is 0 Å². The molecule has 1 heterocycles. The predicted octanol–water partition coefficient (Wildman–Crippen LogP) is 2.34. The maximum Gasteiger partial charge on any atom is 0.277 e. The second kappa shape index (κ2) is 4.32. The van der Waals surface area contributed by atoms with Crippen LogP contribution in [0.3, 0.4) is 0 Å². The van der Waals surface area contributed by atoms with E-state index in [0.717, 1.165) is 16.9 Å². The molecule has 0 bridgehead atoms. The van der Waals surface area contributed by atoms with Crippen molar-refractivity contribution < 1.29 is 9.53 Å². The van der Waals surface area contributed by atoms with Gasteiger partial charge in [0.05, 0.1) is 6.20 Å². The highest BCUT2D eigenvalue weighted by atomic mass is 32.1. The number of hydrogen-bond donors (Lipinski definition) is 1. The van der Waals surface area contributed by atoms with Crippen LogP contribution in [0.5, 0.6) is 10.8 Å². The highest BCUT2D eigenvalue weighted by molar-refractivity contribution is 7.15. The standard InChI is InChI=1S/C11H10N2O2S/c1-7-2-4-8(5-3-7)15-9-6-13-11(16-9)10(12)14/h2-6H,1H3,(H2,12,14). The van der Waals surface area contributed by atoms with Gasteiger partial charge in [-0.1, -0.05) is 29.0 Å². The van der Waals surface area contributed by atoms with E-state index in [2.05, 4.69) is 4.98 Å². The van der Waals surface area contributed by atoms with Gasteiger partial charge < -0.3 is 10.5 Å². The number of hydrogen-bond acceptors (Lipinski definition) is 4. The van der Waals surface area contributed by atoms with Gasteiger partial charge in [-0.25, -0.2) is 4.98 Å². The molecule has 0 saturated heterocycles. The number of rotatable bonds is 3. The smallest absolute Gasteiger partial charge is 0.277 e. The van der Waals surface area contributed by atoms with E-state index in [9.17, 15) is 4.79 Å². The molecular formula is C11H10N2O2S. The van der Waals surface area contributed by atoms with E-state index in [1.54, 1.807) is 0 Å². The predicted molar refractivity (Wildman–Crippen MR) is 61.9 cm³/mol. The molecule has 1 amide bonds. The summed E-state index contributed by atoms with van der Waals surface area (Å²) in [7, 11) is 0. The molecule has 5 heteroatoms. The van der Waals surface area contributed by atoms with Gasteiger partial charge in [0, 0.05) is 0 Å². The fourth-order valence-electron chi connectivity index (χ4n) is 1.14. The molecule has 2 rings (SSSR count). The van der Waals surface area contributed by atoms with Crippen LogP contribution in [0.2, 0.25) is 0 Å². The molecule has 16 heavy (non-hydrogen) atoms. The van der Waals surface area contributed by atoms with E-state index in [0.29, 0.717) is 10.8 Å². The lowest BCUT2D eigenvalue weighted by Crippen LogP contribution is -2.09. The molecule has 0 fully saturated rings. The Morgan fingerprint density at radius 2 is 2.06 bits per heavy atom. The number of benzene rings is 1. The maximum absolute atomic E-state index is 10.8. The van der Waals surface area contributed by atoms with Crippen molar-refractivity contribution in [3.05, 3.63) is 41.0 Å². The van der Waals surface area contributed by atoms with E-state index >= 15 is 0 Å². The Balaban J connectivity index is 2.14. The first-order chi connectivity index (χ1) is 7.65. The second-order valence-corrected chi connectivity index (χ2v) is 4.26. The molecule has 0 aliphatic heterocycles. The number of amides is 1. The fourth-order valence-corrected chi connectivity index (χ4v) is 1.78. The van der Waals surface area contributed by atoms with Crippen LogP contribution >= 0.6 is 11.3 Å². The van der Waals surface area contributed by atoms with Crippen molar-refractivity contribution in [2.45, 2.75) is 6.92 Å². The Labute approximate surface area is 96.7 Å². The molecule has 0 atom stereocenters. The van der Waals surface area contributed by atoms with Crippen LogP contribution < -0.4 is 10.5 Å². The number of carbonyl (C=O) groups is 1. The number of carbonyl (C=O) groups excluding carboxylic acids is 1. The van der Waals surface area contributed by atoms with Crippen molar-refractivity contribution in [2.24, 2.45) is 5.73 Å². The molecule has 0 spiro atoms. The van der Waals surface area contributed by atoms with Crippen molar-refractivity contribution in [3.8, 4) is 10.8 Å². The molecular weight excluding hydrogens is 224 g/mol. The van der Waals surface area contributed by atoms with E-state index in [1.807, 2.05) is 31.2 Å². The normalized spacial score (nSPS) is 10.1. The summed E-state index contributed by atoms with van der Waals surface area (Å²) in [5, 5.41) is 0.805. The molecule has 4 nitrogen and oxygen atoms in total. The Morgan fingerprint density at radius 3 is 2.62 bits per heavy atom. The van der Waals surface area contributed by atoms with Crippen LogP contribution in [0.15, 0.2) is 30.5 Å². The van der Waals surface area contributed by atoms with Crippen LogP contribution in [0, 0.1) is 6.92 Å². The summed E-state index contributed by atoms with van der Waals surface area (Å²) in [4.78, 5) is 14.7. The molecule has 1 aromatic heterocycles. The fraction of sp³-hybridized carbons (Fsp3) is 0.0909. The van der Waals surface area contributed by atoms with Gasteiger partial charge >= 0.3 is 0 Å². The molecule has 82 valence electrons. The lowest BCUT2D eigenvalue weighted by molar-refractivity contribution is 0.1000. The Bertz CT molecular complexity index is 505. The number of nitrogens with zero attached hydrogens (tertiary/aromatic N) is 1. The first-order valence-electron chi connectivity index (χ1n) is 4.65. The van der Waals surface area contributed by atoms with Crippen molar-refractivity contribution in [3.63, 3.8) is 0 Å². The monoisotopic (exact) mass is 234 g/mol. The summed E-state index contributed by atoms with van der Waals surface area (Å²) in [6.07, 6.45) is 1.49. The van der Waals surface area contributed by atoms with Crippen molar-refractivity contribution >= 4 is 17.2 Å². The third-order valence-electron chi connectivity index (χ3n) is 1.93. The van der Waals surface area contributed by atoms with Crippen molar-refractivity contribution in [2.75, 3.05) is 0 Å². The number of thiazole rings is 1. The van der Waals surface area contributed by atoms with Gasteiger partial charge in [-0.3, -0.25) is 4.79 Å². The SMILES string of the molecule is Cc1ccc(Oc2cnc(C(N)=O)s2)cc1. The van der Waals surface area contributed by atoms with Gasteiger partial charge in [0.2, 0.25) is 5.06 Å². The molecule has 1 aromatic carbocycles. The third-order valence-corrected chi connectivity index (χ3v) is 2.82. The zero-order valence-corrected chi connectivity index (χ0v) is 9.45. The van der Waals surface area contributed by atoms with Gasteiger partial charge in [-0.2, -0.15) is 0 Å². The molecule has 0 aliphatic carbocycles. The zero-order valence-electron chi connectivity index (χ0n) is 8.64.